The number of nitrogens with one attached hydrogen (secondary N) is 1. The first-order chi connectivity index (χ1) is 8.31. The van der Waals surface area contributed by atoms with Crippen LogP contribution in [0.15, 0.2) is 30.6 Å². The molecule has 2 heterocycles. The largest absolute Gasteiger partial charge is 0.383 e. The summed E-state index contributed by atoms with van der Waals surface area (Å²) in [6.07, 6.45) is 4.58. The molecule has 1 N–H and O–H groups in total. The highest BCUT2D eigenvalue weighted by Crippen LogP contribution is 2.11. The summed E-state index contributed by atoms with van der Waals surface area (Å²) >= 11 is 6.06. The molecule has 0 radical (unpaired) electrons. The number of methoxy groups -OCH3 is 1. The maximum Gasteiger partial charge on any atom is 0.138 e. The molecule has 0 aliphatic heterocycles. The fraction of sp³-hybridized carbons (Fsp3) is 0.417. The van der Waals surface area contributed by atoms with Crippen LogP contribution in [-0.2, 0) is 4.74 Å². The van der Waals surface area contributed by atoms with Gasteiger partial charge in [-0.1, -0.05) is 6.07 Å². The van der Waals surface area contributed by atoms with E-state index in [1.807, 2.05) is 28.8 Å². The summed E-state index contributed by atoms with van der Waals surface area (Å²) in [6, 6.07) is 5.98. The summed E-state index contributed by atoms with van der Waals surface area (Å²) < 4.78 is 7.00. The van der Waals surface area contributed by atoms with Crippen LogP contribution in [0.5, 0.6) is 0 Å². The van der Waals surface area contributed by atoms with Gasteiger partial charge in [-0.3, -0.25) is 4.40 Å². The second-order valence-corrected chi connectivity index (χ2v) is 4.45. The molecule has 0 bridgehead atoms. The summed E-state index contributed by atoms with van der Waals surface area (Å²) in [6.45, 7) is 1.40. The van der Waals surface area contributed by atoms with E-state index in [0.29, 0.717) is 6.61 Å². The van der Waals surface area contributed by atoms with Gasteiger partial charge in [0.05, 0.1) is 12.0 Å². The van der Waals surface area contributed by atoms with Gasteiger partial charge in [0.2, 0.25) is 0 Å². The van der Waals surface area contributed by atoms with E-state index in [9.17, 15) is 0 Å². The number of hydrogen-bond acceptors (Lipinski definition) is 3. The minimum Gasteiger partial charge on any atom is -0.383 e. The first-order valence-corrected chi connectivity index (χ1v) is 6.04. The van der Waals surface area contributed by atoms with Gasteiger partial charge in [-0.2, -0.15) is 0 Å². The highest BCUT2D eigenvalue weighted by Gasteiger charge is 2.04. The molecule has 2 aromatic heterocycles. The van der Waals surface area contributed by atoms with Crippen molar-refractivity contribution in [3.63, 3.8) is 0 Å². The molecular weight excluding hydrogens is 238 g/mol. The van der Waals surface area contributed by atoms with E-state index in [1.54, 1.807) is 13.3 Å². The Kier molecular flexibility index (Phi) is 4.23. The van der Waals surface area contributed by atoms with Crippen LogP contribution in [0.25, 0.3) is 5.65 Å². The van der Waals surface area contributed by atoms with Crippen LogP contribution in [0.1, 0.15) is 6.42 Å². The SMILES string of the molecule is COCC(Cl)CCNc1cccc2nccn12. The molecule has 1 atom stereocenters. The highest BCUT2D eigenvalue weighted by molar-refractivity contribution is 6.20. The van der Waals surface area contributed by atoms with E-state index < -0.39 is 0 Å². The molecular formula is C12H16ClN3O. The molecule has 4 nitrogen and oxygen atoms in total. The molecule has 0 saturated carbocycles. The maximum atomic E-state index is 6.06. The number of hydrogen-bond donors (Lipinski definition) is 1. The number of fused-ring (bicyclic) bond motifs is 1. The van der Waals surface area contributed by atoms with E-state index in [4.69, 9.17) is 16.3 Å². The fourth-order valence-electron chi connectivity index (χ4n) is 1.71. The van der Waals surface area contributed by atoms with Crippen LogP contribution in [-0.4, -0.2) is 35.0 Å². The zero-order valence-corrected chi connectivity index (χ0v) is 10.5. The summed E-state index contributed by atoms with van der Waals surface area (Å²) in [7, 11) is 1.66. The van der Waals surface area contributed by atoms with E-state index in [0.717, 1.165) is 24.4 Å². The quantitative estimate of drug-likeness (QED) is 0.804. The number of aromatic nitrogens is 2. The van der Waals surface area contributed by atoms with Crippen molar-refractivity contribution < 1.29 is 4.74 Å². The lowest BCUT2D eigenvalue weighted by atomic mass is 10.3. The van der Waals surface area contributed by atoms with Crippen LogP contribution < -0.4 is 5.32 Å². The maximum absolute atomic E-state index is 6.06. The summed E-state index contributed by atoms with van der Waals surface area (Å²) in [5.74, 6) is 1.03. The van der Waals surface area contributed by atoms with Gasteiger partial charge < -0.3 is 10.1 Å². The molecule has 0 aromatic carbocycles. The molecule has 0 fully saturated rings. The van der Waals surface area contributed by atoms with Gasteiger partial charge in [0, 0.05) is 26.0 Å². The number of ether oxygens (including phenoxy) is 1. The zero-order chi connectivity index (χ0) is 12.1. The van der Waals surface area contributed by atoms with Crippen LogP contribution in [0.3, 0.4) is 0 Å². The Balaban J connectivity index is 1.92. The molecule has 0 saturated heterocycles. The lowest BCUT2D eigenvalue weighted by Crippen LogP contribution is -2.14. The standard InChI is InChI=1S/C12H16ClN3O/c1-17-9-10(13)5-6-14-11-3-2-4-12-15-7-8-16(11)12/h2-4,7-8,10,14H,5-6,9H2,1H3. The van der Waals surface area contributed by atoms with Crippen molar-refractivity contribution in [2.24, 2.45) is 0 Å². The van der Waals surface area contributed by atoms with E-state index >= 15 is 0 Å². The van der Waals surface area contributed by atoms with Crippen LogP contribution >= 0.6 is 11.6 Å². The smallest absolute Gasteiger partial charge is 0.138 e. The molecule has 5 heteroatoms. The summed E-state index contributed by atoms with van der Waals surface area (Å²) in [4.78, 5) is 4.23. The molecule has 0 aliphatic carbocycles. The number of anilines is 1. The minimum absolute atomic E-state index is 0.0505. The molecule has 2 rings (SSSR count). The predicted octanol–water partition coefficient (Wildman–Crippen LogP) is 2.39. The topological polar surface area (TPSA) is 38.6 Å². The number of nitrogens with zero attached hydrogens (tertiary/aromatic N) is 2. The van der Waals surface area contributed by atoms with Gasteiger partial charge in [0.25, 0.3) is 0 Å². The molecule has 1 unspecified atom stereocenters. The summed E-state index contributed by atoms with van der Waals surface area (Å²) in [5.41, 5.74) is 0.939. The average Bonchev–Trinajstić information content (AvgIpc) is 2.78. The first kappa shape index (κ1) is 12.2. The first-order valence-electron chi connectivity index (χ1n) is 5.60. The molecule has 2 aromatic rings. The number of halogens is 1. The fourth-order valence-corrected chi connectivity index (χ4v) is 1.95. The van der Waals surface area contributed by atoms with Crippen molar-refractivity contribution in [3.8, 4) is 0 Å². The van der Waals surface area contributed by atoms with Gasteiger partial charge in [0.15, 0.2) is 0 Å². The van der Waals surface area contributed by atoms with E-state index in [2.05, 4.69) is 10.3 Å². The zero-order valence-electron chi connectivity index (χ0n) is 9.77. The lowest BCUT2D eigenvalue weighted by Gasteiger charge is -2.11. The summed E-state index contributed by atoms with van der Waals surface area (Å²) in [5, 5.41) is 3.40. The third-order valence-electron chi connectivity index (χ3n) is 2.54. The molecule has 17 heavy (non-hydrogen) atoms. The Morgan fingerprint density at radius 3 is 3.24 bits per heavy atom. The Morgan fingerprint density at radius 2 is 2.41 bits per heavy atom. The lowest BCUT2D eigenvalue weighted by molar-refractivity contribution is 0.196. The van der Waals surface area contributed by atoms with Crippen molar-refractivity contribution in [1.82, 2.24) is 9.38 Å². The number of imidazole rings is 1. The van der Waals surface area contributed by atoms with Crippen LogP contribution in [0.2, 0.25) is 0 Å². The van der Waals surface area contributed by atoms with E-state index in [1.165, 1.54) is 0 Å². The minimum atomic E-state index is 0.0505. The Morgan fingerprint density at radius 1 is 1.53 bits per heavy atom. The second-order valence-electron chi connectivity index (χ2n) is 3.83. The third-order valence-corrected chi connectivity index (χ3v) is 2.88. The van der Waals surface area contributed by atoms with Crippen molar-refractivity contribution in [2.45, 2.75) is 11.8 Å². The second kappa shape index (κ2) is 5.89. The molecule has 0 amide bonds. The van der Waals surface area contributed by atoms with E-state index in [-0.39, 0.29) is 5.38 Å². The average molecular weight is 254 g/mol. The van der Waals surface area contributed by atoms with Gasteiger partial charge in [-0.05, 0) is 18.6 Å². The normalized spacial score (nSPS) is 12.8. The third kappa shape index (κ3) is 3.11. The predicted molar refractivity (Wildman–Crippen MR) is 69.8 cm³/mol. The van der Waals surface area contributed by atoms with Crippen molar-refractivity contribution in [3.05, 3.63) is 30.6 Å². The van der Waals surface area contributed by atoms with Crippen molar-refractivity contribution >= 4 is 23.1 Å². The van der Waals surface area contributed by atoms with Gasteiger partial charge in [-0.25, -0.2) is 4.98 Å². The monoisotopic (exact) mass is 253 g/mol. The Hall–Kier alpha value is -1.26. The number of alkyl halides is 1. The van der Waals surface area contributed by atoms with Crippen LogP contribution in [0, 0.1) is 0 Å². The molecule has 0 aliphatic rings. The Labute approximate surface area is 106 Å². The van der Waals surface area contributed by atoms with Crippen LogP contribution in [0.4, 0.5) is 5.82 Å². The number of pyridine rings is 1. The van der Waals surface area contributed by atoms with Crippen molar-refractivity contribution in [1.29, 1.82) is 0 Å². The number of rotatable bonds is 6. The highest BCUT2D eigenvalue weighted by atomic mass is 35.5. The van der Waals surface area contributed by atoms with Gasteiger partial charge >= 0.3 is 0 Å². The molecule has 0 spiro atoms. The van der Waals surface area contributed by atoms with Gasteiger partial charge in [0.1, 0.15) is 11.5 Å². The Bertz CT molecular complexity index is 471. The molecule has 92 valence electrons. The van der Waals surface area contributed by atoms with Crippen molar-refractivity contribution in [2.75, 3.05) is 25.6 Å². The van der Waals surface area contributed by atoms with Gasteiger partial charge in [-0.15, -0.1) is 11.6 Å².